The molecule has 410 valence electrons. The maximum atomic E-state index is 11.8. The normalized spacial score (nSPS) is 11.1. The van der Waals surface area contributed by atoms with Crippen LogP contribution in [-0.2, 0) is 16.2 Å². The summed E-state index contributed by atoms with van der Waals surface area (Å²) < 4.78 is 26.5. The molecule has 22 nitrogen and oxygen atoms in total. The van der Waals surface area contributed by atoms with Gasteiger partial charge in [-0.05, 0) is 108 Å². The topological polar surface area (TPSA) is 321 Å². The zero-order chi connectivity index (χ0) is 57.7. The number of carboxylic acid groups (broad SMARTS) is 2. The van der Waals surface area contributed by atoms with E-state index in [2.05, 4.69) is 72.8 Å². The van der Waals surface area contributed by atoms with Gasteiger partial charge in [0, 0.05) is 68.0 Å². The van der Waals surface area contributed by atoms with Gasteiger partial charge in [0.2, 0.25) is 11.6 Å². The number of carbonyl (C=O) groups excluding carboxylic acids is 1. The van der Waals surface area contributed by atoms with Crippen LogP contribution in [0.3, 0.4) is 0 Å². The molecule has 2 amide bonds. The largest absolute Gasteiger partial charge is 0.496 e. The molecule has 5 aromatic carbocycles. The average Bonchev–Trinajstić information content (AvgIpc) is 4.34. The standard InChI is InChI=1S/C27H25N5O3S.C15H17N3O4.C7H10N2O2.C7H7NO2/c1-27(2,3)22-15-23(31-34-22)29-26(36)28-17-11-9-16(10-12-17)25-30-24(32-35-25)20-13-14-21(33-4)19-8-6-5-7-18(19)20;1-15(2,3)11-8-12(18-22-11)17-14(21)16-10-6-4-9(5-7-10)13(19)20;1-7(2,3)5-4-6(8-10)9-11-5;8-6-3-1-5(2-4-6)7(9)10/h5-15H,1-4H3,(H2,28,29,31,36);4-8H,1-3H3,(H,19,20)(H2,16,17,18,21);4H,1-3H3;1-4H,8H2,(H,9,10). The summed E-state index contributed by atoms with van der Waals surface area (Å²) in [6, 6.07) is 35.8. The van der Waals surface area contributed by atoms with Gasteiger partial charge in [-0.15, -0.1) is 4.91 Å². The number of carboxylic acids is 2. The van der Waals surface area contributed by atoms with Gasteiger partial charge >= 0.3 is 18.0 Å². The molecule has 0 fully saturated rings. The number of methoxy groups -OCH3 is 1. The van der Waals surface area contributed by atoms with Gasteiger partial charge in [0.15, 0.2) is 16.7 Å². The number of amides is 2. The van der Waals surface area contributed by atoms with Crippen LogP contribution in [0.15, 0.2) is 151 Å². The predicted octanol–water partition coefficient (Wildman–Crippen LogP) is 13.3. The molecule has 23 heteroatoms. The van der Waals surface area contributed by atoms with Gasteiger partial charge in [-0.1, -0.05) is 107 Å². The number of aromatic carboxylic acids is 2. The molecule has 0 aliphatic heterocycles. The first kappa shape index (κ1) is 58.5. The fraction of sp³-hybridized carbons (Fsp3) is 0.232. The Hall–Kier alpha value is -9.77. The van der Waals surface area contributed by atoms with Crippen molar-refractivity contribution in [3.8, 4) is 28.6 Å². The van der Waals surface area contributed by atoms with Crippen LogP contribution < -0.4 is 31.7 Å². The third-order valence-corrected chi connectivity index (χ3v) is 11.2. The van der Waals surface area contributed by atoms with Gasteiger partial charge in [0.05, 0.1) is 18.2 Å². The summed E-state index contributed by atoms with van der Waals surface area (Å²) >= 11 is 5.41. The number of ether oxygens (including phenoxy) is 1. The van der Waals surface area contributed by atoms with Gasteiger partial charge in [0.1, 0.15) is 23.0 Å². The van der Waals surface area contributed by atoms with E-state index in [9.17, 15) is 19.3 Å². The highest BCUT2D eigenvalue weighted by molar-refractivity contribution is 7.80. The minimum absolute atomic E-state index is 0.106. The number of hydrogen-bond donors (Lipinski definition) is 7. The minimum Gasteiger partial charge on any atom is -0.496 e. The van der Waals surface area contributed by atoms with Gasteiger partial charge in [0.25, 0.3) is 5.89 Å². The minimum atomic E-state index is -1.02. The molecule has 0 atom stereocenters. The number of nitrogens with one attached hydrogen (secondary N) is 4. The van der Waals surface area contributed by atoms with Crippen molar-refractivity contribution in [3.05, 3.63) is 161 Å². The predicted molar refractivity (Wildman–Crippen MR) is 304 cm³/mol. The summed E-state index contributed by atoms with van der Waals surface area (Å²) in [5.41, 5.74) is 8.82. The fourth-order valence-corrected chi connectivity index (χ4v) is 6.93. The molecule has 4 aromatic heterocycles. The van der Waals surface area contributed by atoms with E-state index >= 15 is 0 Å². The highest BCUT2D eigenvalue weighted by Crippen LogP contribution is 2.34. The molecule has 0 radical (unpaired) electrons. The van der Waals surface area contributed by atoms with Crippen molar-refractivity contribution < 1.29 is 47.4 Å². The lowest BCUT2D eigenvalue weighted by molar-refractivity contribution is 0.0686. The van der Waals surface area contributed by atoms with Crippen LogP contribution in [0.2, 0.25) is 0 Å². The third-order valence-electron chi connectivity index (χ3n) is 11.0. The van der Waals surface area contributed by atoms with Crippen LogP contribution in [0, 0.1) is 4.91 Å². The van der Waals surface area contributed by atoms with Crippen LogP contribution in [0.4, 0.5) is 39.3 Å². The number of nitrogen functional groups attached to an aromatic ring is 1. The van der Waals surface area contributed by atoms with Crippen molar-refractivity contribution in [1.82, 2.24) is 25.6 Å². The number of fused-ring (bicyclic) bond motifs is 1. The van der Waals surface area contributed by atoms with E-state index in [4.69, 9.17) is 51.0 Å². The second kappa shape index (κ2) is 25.4. The Kier molecular flexibility index (Phi) is 18.8. The van der Waals surface area contributed by atoms with Crippen LogP contribution in [0.1, 0.15) is 100 Å². The molecule has 0 aliphatic carbocycles. The number of nitroso groups, excluding NO2 is 1. The van der Waals surface area contributed by atoms with Crippen LogP contribution in [-0.4, -0.2) is 66.0 Å². The maximum absolute atomic E-state index is 11.8. The first-order valence-electron chi connectivity index (χ1n) is 24.1. The van der Waals surface area contributed by atoms with E-state index in [1.165, 1.54) is 36.4 Å². The van der Waals surface area contributed by atoms with E-state index in [0.717, 1.165) is 39.1 Å². The number of nitrogens with zero attached hydrogens (tertiary/aromatic N) is 6. The van der Waals surface area contributed by atoms with Crippen LogP contribution in [0.5, 0.6) is 5.75 Å². The van der Waals surface area contributed by atoms with Gasteiger partial charge in [-0.2, -0.15) is 4.98 Å². The smallest absolute Gasteiger partial charge is 0.335 e. The fourth-order valence-electron chi connectivity index (χ4n) is 6.71. The maximum Gasteiger partial charge on any atom is 0.335 e. The monoisotopic (exact) mass is 1090 g/mol. The summed E-state index contributed by atoms with van der Waals surface area (Å²) in [5.74, 6) is 2.87. The Balaban J connectivity index is 0.000000197. The van der Waals surface area contributed by atoms with E-state index in [1.807, 2.05) is 108 Å². The molecule has 0 aliphatic rings. The number of aromatic nitrogens is 5. The second-order valence-corrected chi connectivity index (χ2v) is 20.8. The van der Waals surface area contributed by atoms with Crippen LogP contribution in [0.25, 0.3) is 33.6 Å². The number of thiocarbonyl (C=S) groups is 1. The first-order valence-corrected chi connectivity index (χ1v) is 24.6. The lowest BCUT2D eigenvalue weighted by Crippen LogP contribution is -2.19. The molecule has 0 saturated heterocycles. The van der Waals surface area contributed by atoms with Gasteiger partial charge in [-0.3, -0.25) is 5.32 Å². The average molecular weight is 1090 g/mol. The number of nitrogens with two attached hydrogens (primary N) is 1. The molecule has 9 rings (SSSR count). The molecule has 0 saturated carbocycles. The van der Waals surface area contributed by atoms with E-state index in [1.54, 1.807) is 31.4 Å². The lowest BCUT2D eigenvalue weighted by atomic mass is 9.93. The van der Waals surface area contributed by atoms with Gasteiger partial charge < -0.3 is 54.7 Å². The summed E-state index contributed by atoms with van der Waals surface area (Å²) in [6.45, 7) is 18.0. The molecule has 0 unspecified atom stereocenters. The van der Waals surface area contributed by atoms with E-state index in [0.29, 0.717) is 51.4 Å². The molecular formula is C56H59N11O11S. The lowest BCUT2D eigenvalue weighted by Gasteiger charge is -2.12. The zero-order valence-corrected chi connectivity index (χ0v) is 45.7. The van der Waals surface area contributed by atoms with Crippen molar-refractivity contribution in [2.24, 2.45) is 5.18 Å². The summed E-state index contributed by atoms with van der Waals surface area (Å²) in [5, 5.41) is 49.0. The molecule has 8 N–H and O–H groups in total. The van der Waals surface area contributed by atoms with Crippen molar-refractivity contribution in [2.45, 2.75) is 78.6 Å². The summed E-state index contributed by atoms with van der Waals surface area (Å²) in [7, 11) is 1.66. The zero-order valence-electron chi connectivity index (χ0n) is 44.9. The van der Waals surface area contributed by atoms with E-state index in [-0.39, 0.29) is 33.2 Å². The number of anilines is 5. The molecule has 9 aromatic rings. The number of carbonyl (C=O) groups is 3. The Morgan fingerprint density at radius 2 is 1.08 bits per heavy atom. The second-order valence-electron chi connectivity index (χ2n) is 20.4. The highest BCUT2D eigenvalue weighted by atomic mass is 32.1. The SMILES string of the molecule is CC(C)(C)c1cc(N=O)no1.CC(C)(C)c1cc(NC(=O)Nc2ccc(C(=O)O)cc2)no1.COc1ccc(-c2noc(-c3ccc(NC(=S)Nc4cc(C(C)(C)C)on4)cc3)n2)c2ccccc12.Nc1ccc(C(=O)O)cc1. The Bertz CT molecular complexity index is 3530. The van der Waals surface area contributed by atoms with Gasteiger partial charge in [-0.25, -0.2) is 14.4 Å². The number of rotatable bonds is 10. The number of benzene rings is 5. The molecule has 4 heterocycles. The Morgan fingerprint density at radius 3 is 1.57 bits per heavy atom. The molecule has 79 heavy (non-hydrogen) atoms. The quantitative estimate of drug-likeness (QED) is 0.0380. The van der Waals surface area contributed by atoms with Crippen molar-refractivity contribution in [1.29, 1.82) is 0 Å². The van der Waals surface area contributed by atoms with Crippen LogP contribution >= 0.6 is 12.2 Å². The number of urea groups is 1. The Labute approximate surface area is 459 Å². The third kappa shape index (κ3) is 16.6. The number of hydrogen-bond acceptors (Lipinski definition) is 17. The Morgan fingerprint density at radius 1 is 0.582 bits per heavy atom. The first-order chi connectivity index (χ1) is 37.3. The highest BCUT2D eigenvalue weighted by Gasteiger charge is 2.23. The van der Waals surface area contributed by atoms with Crippen molar-refractivity contribution in [2.75, 3.05) is 34.1 Å². The van der Waals surface area contributed by atoms with E-state index < -0.39 is 18.0 Å². The molecule has 0 spiro atoms. The van der Waals surface area contributed by atoms with Crippen molar-refractivity contribution in [3.63, 3.8) is 0 Å². The summed E-state index contributed by atoms with van der Waals surface area (Å²) in [6.07, 6.45) is 0. The summed E-state index contributed by atoms with van der Waals surface area (Å²) in [4.78, 5) is 47.5. The van der Waals surface area contributed by atoms with Crippen molar-refractivity contribution >= 4 is 80.6 Å². The molecular weight excluding hydrogens is 1030 g/mol. The molecule has 0 bridgehead atoms.